The molecule has 0 amide bonds. The third-order valence-corrected chi connectivity index (χ3v) is 2.92. The van der Waals surface area contributed by atoms with Gasteiger partial charge in [0.1, 0.15) is 0 Å². The summed E-state index contributed by atoms with van der Waals surface area (Å²) in [5.74, 6) is 0.949. The Bertz CT molecular complexity index is 527. The summed E-state index contributed by atoms with van der Waals surface area (Å²) in [7, 11) is 3.77. The zero-order valence-corrected chi connectivity index (χ0v) is 11.2. The van der Waals surface area contributed by atoms with E-state index in [9.17, 15) is 0 Å². The topological polar surface area (TPSA) is 38.2 Å². The van der Waals surface area contributed by atoms with Crippen molar-refractivity contribution in [1.82, 2.24) is 9.97 Å². The number of ether oxygens (including phenoxy) is 1. The van der Waals surface area contributed by atoms with Crippen LogP contribution >= 0.6 is 0 Å². The molecule has 0 aliphatic carbocycles. The number of anilines is 1. The molecular weight excluding hydrogens is 226 g/mol. The first-order valence-corrected chi connectivity index (χ1v) is 6.16. The molecule has 0 aliphatic rings. The van der Waals surface area contributed by atoms with Gasteiger partial charge >= 0.3 is 0 Å². The summed E-state index contributed by atoms with van der Waals surface area (Å²) in [5, 5.41) is 0. The van der Waals surface area contributed by atoms with Crippen LogP contribution in [0.15, 0.2) is 24.3 Å². The summed E-state index contributed by atoms with van der Waals surface area (Å²) in [6, 6.07) is 7.96. The summed E-state index contributed by atoms with van der Waals surface area (Å²) >= 11 is 0. The van der Waals surface area contributed by atoms with E-state index in [0.717, 1.165) is 42.1 Å². The van der Waals surface area contributed by atoms with Crippen LogP contribution in [0.3, 0.4) is 0 Å². The van der Waals surface area contributed by atoms with Crippen molar-refractivity contribution in [3.63, 3.8) is 0 Å². The normalized spacial score (nSPS) is 10.8. The minimum absolute atomic E-state index is 0.768. The molecule has 4 nitrogen and oxygen atoms in total. The van der Waals surface area contributed by atoms with Crippen LogP contribution in [0, 0.1) is 6.92 Å². The third-order valence-electron chi connectivity index (χ3n) is 2.92. The van der Waals surface area contributed by atoms with Gasteiger partial charge < -0.3 is 9.64 Å². The lowest BCUT2D eigenvalue weighted by Gasteiger charge is -2.19. The Hall–Kier alpha value is -1.68. The Kier molecular flexibility index (Phi) is 4.10. The molecule has 1 aromatic heterocycles. The van der Waals surface area contributed by atoms with Gasteiger partial charge in [-0.15, -0.1) is 0 Å². The highest BCUT2D eigenvalue weighted by atomic mass is 16.5. The second-order valence-electron chi connectivity index (χ2n) is 4.39. The number of aromatic nitrogens is 2. The van der Waals surface area contributed by atoms with Crippen LogP contribution in [0.5, 0.6) is 0 Å². The molecule has 0 fully saturated rings. The van der Waals surface area contributed by atoms with E-state index in [-0.39, 0.29) is 0 Å². The van der Waals surface area contributed by atoms with E-state index >= 15 is 0 Å². The van der Waals surface area contributed by atoms with Crippen molar-refractivity contribution in [1.29, 1.82) is 0 Å². The molecule has 0 saturated carbocycles. The smallest absolute Gasteiger partial charge is 0.150 e. The van der Waals surface area contributed by atoms with Crippen LogP contribution in [0.25, 0.3) is 11.0 Å². The van der Waals surface area contributed by atoms with E-state index in [1.807, 2.05) is 38.2 Å². The standard InChI is InChI=1S/C14H19N3O/c1-11-14(17(2)9-6-10-18-3)16-13-8-5-4-7-12(13)15-11/h4-5,7-8H,6,9-10H2,1-3H3. The number of hydrogen-bond acceptors (Lipinski definition) is 4. The number of methoxy groups -OCH3 is 1. The maximum Gasteiger partial charge on any atom is 0.150 e. The SMILES string of the molecule is COCCCN(C)c1nc2ccccc2nc1C. The first-order chi connectivity index (χ1) is 8.72. The summed E-state index contributed by atoms with van der Waals surface area (Å²) in [6.07, 6.45) is 0.987. The number of hydrogen-bond donors (Lipinski definition) is 0. The molecule has 18 heavy (non-hydrogen) atoms. The maximum absolute atomic E-state index is 5.07. The molecule has 2 aromatic rings. The second kappa shape index (κ2) is 5.78. The number of para-hydroxylation sites is 2. The van der Waals surface area contributed by atoms with Gasteiger partial charge in [-0.05, 0) is 25.5 Å². The number of aryl methyl sites for hydroxylation is 1. The molecule has 0 bridgehead atoms. The Morgan fingerprint density at radius 3 is 2.50 bits per heavy atom. The van der Waals surface area contributed by atoms with Crippen molar-refractivity contribution in [3.8, 4) is 0 Å². The average molecular weight is 245 g/mol. The summed E-state index contributed by atoms with van der Waals surface area (Å²) in [6.45, 7) is 3.69. The summed E-state index contributed by atoms with van der Waals surface area (Å²) < 4.78 is 5.07. The van der Waals surface area contributed by atoms with Crippen LogP contribution in [0.1, 0.15) is 12.1 Å². The molecular formula is C14H19N3O. The van der Waals surface area contributed by atoms with E-state index < -0.39 is 0 Å². The van der Waals surface area contributed by atoms with Crippen molar-refractivity contribution in [2.45, 2.75) is 13.3 Å². The molecule has 96 valence electrons. The molecule has 0 atom stereocenters. The van der Waals surface area contributed by atoms with Crippen LogP contribution in [-0.2, 0) is 4.74 Å². The van der Waals surface area contributed by atoms with Crippen molar-refractivity contribution >= 4 is 16.9 Å². The van der Waals surface area contributed by atoms with Gasteiger partial charge in [0.05, 0.1) is 16.7 Å². The first-order valence-electron chi connectivity index (χ1n) is 6.16. The van der Waals surface area contributed by atoms with E-state index in [1.54, 1.807) is 7.11 Å². The zero-order valence-electron chi connectivity index (χ0n) is 11.2. The van der Waals surface area contributed by atoms with Gasteiger partial charge in [-0.1, -0.05) is 12.1 Å². The van der Waals surface area contributed by atoms with Crippen molar-refractivity contribution < 1.29 is 4.74 Å². The van der Waals surface area contributed by atoms with E-state index in [4.69, 9.17) is 4.74 Å². The molecule has 0 spiro atoms. The number of rotatable bonds is 5. The van der Waals surface area contributed by atoms with E-state index in [1.165, 1.54) is 0 Å². The van der Waals surface area contributed by atoms with Crippen LogP contribution < -0.4 is 4.90 Å². The number of benzene rings is 1. The van der Waals surface area contributed by atoms with Crippen molar-refractivity contribution in [3.05, 3.63) is 30.0 Å². The Labute approximate surface area is 108 Å². The molecule has 1 heterocycles. The Balaban J connectivity index is 2.24. The fraction of sp³-hybridized carbons (Fsp3) is 0.429. The highest BCUT2D eigenvalue weighted by Crippen LogP contribution is 2.18. The molecule has 4 heteroatoms. The molecule has 0 unspecified atom stereocenters. The number of fused-ring (bicyclic) bond motifs is 1. The number of nitrogens with zero attached hydrogens (tertiary/aromatic N) is 3. The van der Waals surface area contributed by atoms with Gasteiger partial charge in [0.2, 0.25) is 0 Å². The van der Waals surface area contributed by atoms with Gasteiger partial charge in [0.15, 0.2) is 5.82 Å². The van der Waals surface area contributed by atoms with Gasteiger partial charge in [-0.25, -0.2) is 9.97 Å². The lowest BCUT2D eigenvalue weighted by atomic mass is 10.3. The lowest BCUT2D eigenvalue weighted by molar-refractivity contribution is 0.196. The molecule has 1 aromatic carbocycles. The van der Waals surface area contributed by atoms with Crippen LogP contribution in [0.2, 0.25) is 0 Å². The summed E-state index contributed by atoms with van der Waals surface area (Å²) in [5.41, 5.74) is 2.86. The minimum atomic E-state index is 0.768. The molecule has 2 rings (SSSR count). The predicted octanol–water partition coefficient (Wildman–Crippen LogP) is 2.41. The highest BCUT2D eigenvalue weighted by Gasteiger charge is 2.09. The summed E-state index contributed by atoms with van der Waals surface area (Å²) in [4.78, 5) is 11.4. The van der Waals surface area contributed by atoms with Gasteiger partial charge in [-0.3, -0.25) is 0 Å². The second-order valence-corrected chi connectivity index (χ2v) is 4.39. The fourth-order valence-electron chi connectivity index (χ4n) is 1.99. The van der Waals surface area contributed by atoms with Crippen molar-refractivity contribution in [2.24, 2.45) is 0 Å². The monoisotopic (exact) mass is 245 g/mol. The highest BCUT2D eigenvalue weighted by molar-refractivity contribution is 5.76. The molecule has 0 N–H and O–H groups in total. The predicted molar refractivity (Wildman–Crippen MR) is 74.0 cm³/mol. The van der Waals surface area contributed by atoms with Crippen LogP contribution in [-0.4, -0.2) is 37.3 Å². The fourth-order valence-corrected chi connectivity index (χ4v) is 1.99. The zero-order chi connectivity index (χ0) is 13.0. The molecule has 0 aliphatic heterocycles. The lowest BCUT2D eigenvalue weighted by Crippen LogP contribution is -2.22. The van der Waals surface area contributed by atoms with E-state index in [0.29, 0.717) is 0 Å². The quantitative estimate of drug-likeness (QED) is 0.758. The average Bonchev–Trinajstić information content (AvgIpc) is 2.38. The first kappa shape index (κ1) is 12.8. The van der Waals surface area contributed by atoms with Crippen molar-refractivity contribution in [2.75, 3.05) is 32.2 Å². The Morgan fingerprint density at radius 1 is 1.17 bits per heavy atom. The largest absolute Gasteiger partial charge is 0.385 e. The van der Waals surface area contributed by atoms with Gasteiger partial charge in [-0.2, -0.15) is 0 Å². The third kappa shape index (κ3) is 2.76. The Morgan fingerprint density at radius 2 is 1.83 bits per heavy atom. The van der Waals surface area contributed by atoms with Crippen LogP contribution in [0.4, 0.5) is 5.82 Å². The maximum atomic E-state index is 5.07. The molecule has 0 saturated heterocycles. The van der Waals surface area contributed by atoms with Gasteiger partial charge in [0.25, 0.3) is 0 Å². The molecule has 0 radical (unpaired) electrons. The van der Waals surface area contributed by atoms with E-state index in [2.05, 4.69) is 14.9 Å². The minimum Gasteiger partial charge on any atom is -0.385 e. The van der Waals surface area contributed by atoms with Gasteiger partial charge in [0, 0.05) is 27.3 Å².